The minimum absolute atomic E-state index is 0.298. The van der Waals surface area contributed by atoms with Gasteiger partial charge in [-0.05, 0) is 61.0 Å². The molecule has 1 atom stereocenters. The molecule has 0 aliphatic rings. The molecule has 1 N–H and O–H groups in total. The molecule has 0 saturated heterocycles. The molecule has 6 nitrogen and oxygen atoms in total. The highest BCUT2D eigenvalue weighted by molar-refractivity contribution is 7.93. The molecule has 1 amide bonds. The lowest BCUT2D eigenvalue weighted by Gasteiger charge is -2.29. The van der Waals surface area contributed by atoms with Gasteiger partial charge < -0.3 is 5.32 Å². The number of halogens is 5. The number of alkyl halides is 3. The van der Waals surface area contributed by atoms with E-state index in [0.29, 0.717) is 22.1 Å². The number of nitrogens with zero attached hydrogens (tertiary/aromatic N) is 1. The third-order valence-corrected chi connectivity index (χ3v) is 6.46. The van der Waals surface area contributed by atoms with Crippen LogP contribution < -0.4 is 9.62 Å². The van der Waals surface area contributed by atoms with Crippen LogP contribution in [-0.2, 0) is 25.8 Å². The first kappa shape index (κ1) is 24.0. The van der Waals surface area contributed by atoms with Gasteiger partial charge in [0.15, 0.2) is 0 Å². The van der Waals surface area contributed by atoms with Gasteiger partial charge in [-0.25, -0.2) is 8.42 Å². The van der Waals surface area contributed by atoms with E-state index in [1.165, 1.54) is 19.1 Å². The minimum atomic E-state index is -4.77. The summed E-state index contributed by atoms with van der Waals surface area (Å²) in [4.78, 5) is 22.5. The van der Waals surface area contributed by atoms with Crippen molar-refractivity contribution in [1.29, 1.82) is 0 Å². The highest BCUT2D eigenvalue weighted by Gasteiger charge is 2.37. The van der Waals surface area contributed by atoms with Gasteiger partial charge in [0.1, 0.15) is 6.04 Å². The number of carbonyl (C=O) groups is 2. The van der Waals surface area contributed by atoms with Gasteiger partial charge in [-0.3, -0.25) is 13.9 Å². The smallest absolute Gasteiger partial charge is 0.326 e. The Morgan fingerprint density at radius 3 is 2.13 bits per heavy atom. The van der Waals surface area contributed by atoms with Crippen molar-refractivity contribution in [2.45, 2.75) is 31.0 Å². The molecule has 2 rings (SSSR count). The topological polar surface area (TPSA) is 83.6 Å². The van der Waals surface area contributed by atoms with Crippen LogP contribution in [0.5, 0.6) is 0 Å². The van der Waals surface area contributed by atoms with Gasteiger partial charge in [-0.15, -0.1) is 0 Å². The van der Waals surface area contributed by atoms with Crippen molar-refractivity contribution in [3.05, 3.63) is 53.1 Å². The van der Waals surface area contributed by atoms with Gasteiger partial charge >= 0.3 is 6.18 Å². The molecule has 162 valence electrons. The fraction of sp³-hybridized carbons (Fsp3) is 0.222. The predicted molar refractivity (Wildman–Crippen MR) is 107 cm³/mol. The quantitative estimate of drug-likeness (QED) is 0.606. The Morgan fingerprint density at radius 2 is 1.67 bits per heavy atom. The average Bonchev–Trinajstić information content (AvgIpc) is 2.62. The maximum atomic E-state index is 13.2. The van der Waals surface area contributed by atoms with Crippen LogP contribution in [0.15, 0.2) is 47.4 Å². The van der Waals surface area contributed by atoms with Crippen molar-refractivity contribution in [3.63, 3.8) is 0 Å². The number of carbonyl (C=O) groups excluding carboxylic acids is 2. The lowest BCUT2D eigenvalue weighted by Crippen LogP contribution is -2.42. The summed E-state index contributed by atoms with van der Waals surface area (Å²) in [5.41, 5.74) is -1.41. The standard InChI is InChI=1S/C18H15Cl2F3N2O4S/c1-10(17(20)27)25(16-9-12(18(21,22)23)3-8-15(16)19)30(28,29)14-6-4-13(5-7-14)24-11(2)26/h3-10H,1-2H3,(H,24,26). The molecule has 12 heteroatoms. The molecule has 0 saturated carbocycles. The van der Waals surface area contributed by atoms with Crippen LogP contribution in [0.1, 0.15) is 19.4 Å². The Labute approximate surface area is 180 Å². The molecule has 0 aromatic heterocycles. The van der Waals surface area contributed by atoms with Gasteiger partial charge in [0.2, 0.25) is 11.1 Å². The summed E-state index contributed by atoms with van der Waals surface area (Å²) in [6.07, 6.45) is -4.77. The van der Waals surface area contributed by atoms with Crippen molar-refractivity contribution < 1.29 is 31.2 Å². The maximum absolute atomic E-state index is 13.2. The van der Waals surface area contributed by atoms with Crippen molar-refractivity contribution in [2.24, 2.45) is 0 Å². The Morgan fingerprint density at radius 1 is 1.10 bits per heavy atom. The summed E-state index contributed by atoms with van der Waals surface area (Å²) in [6.45, 7) is 2.38. The fourth-order valence-corrected chi connectivity index (χ4v) is 4.57. The van der Waals surface area contributed by atoms with Crippen molar-refractivity contribution >= 4 is 55.7 Å². The van der Waals surface area contributed by atoms with Gasteiger partial charge in [0.25, 0.3) is 10.0 Å². The molecule has 2 aromatic carbocycles. The first-order valence-electron chi connectivity index (χ1n) is 8.23. The van der Waals surface area contributed by atoms with Crippen LogP contribution in [0.2, 0.25) is 5.02 Å². The predicted octanol–water partition coefficient (Wildman–Crippen LogP) is 4.67. The average molecular weight is 483 g/mol. The molecule has 0 spiro atoms. The first-order valence-corrected chi connectivity index (χ1v) is 10.4. The lowest BCUT2D eigenvalue weighted by atomic mass is 10.2. The molecule has 0 aliphatic carbocycles. The number of anilines is 2. The molecule has 1 unspecified atom stereocenters. The van der Waals surface area contributed by atoms with Gasteiger partial charge in [-0.2, -0.15) is 13.2 Å². The van der Waals surface area contributed by atoms with Gasteiger partial charge in [-0.1, -0.05) is 11.6 Å². The molecular formula is C18H15Cl2F3N2O4S. The lowest BCUT2D eigenvalue weighted by molar-refractivity contribution is -0.137. The number of hydrogen-bond donors (Lipinski definition) is 1. The summed E-state index contributed by atoms with van der Waals surface area (Å²) in [6, 6.07) is 5.36. The second-order valence-corrected chi connectivity index (χ2v) is 8.75. The number of nitrogens with one attached hydrogen (secondary N) is 1. The zero-order chi connectivity index (χ0) is 22.9. The Balaban J connectivity index is 2.65. The van der Waals surface area contributed by atoms with E-state index in [-0.39, 0.29) is 15.8 Å². The Kier molecular flexibility index (Phi) is 7.05. The summed E-state index contributed by atoms with van der Waals surface area (Å²) in [7, 11) is -4.56. The van der Waals surface area contributed by atoms with E-state index in [4.69, 9.17) is 23.2 Å². The normalized spacial score (nSPS) is 12.9. The fourth-order valence-electron chi connectivity index (χ4n) is 2.52. The van der Waals surface area contributed by atoms with Crippen LogP contribution in [0.25, 0.3) is 0 Å². The number of hydrogen-bond acceptors (Lipinski definition) is 4. The van der Waals surface area contributed by atoms with Crippen LogP contribution >= 0.6 is 23.2 Å². The molecule has 2 aromatic rings. The molecule has 0 bridgehead atoms. The van der Waals surface area contributed by atoms with Crippen LogP contribution in [0, 0.1) is 0 Å². The van der Waals surface area contributed by atoms with Crippen LogP contribution in [0.4, 0.5) is 24.5 Å². The highest BCUT2D eigenvalue weighted by atomic mass is 35.5. The van der Waals surface area contributed by atoms with Crippen molar-refractivity contribution in [2.75, 3.05) is 9.62 Å². The van der Waals surface area contributed by atoms with E-state index < -0.39 is 38.7 Å². The number of rotatable bonds is 6. The van der Waals surface area contributed by atoms with Gasteiger partial charge in [0, 0.05) is 12.6 Å². The Bertz CT molecular complexity index is 1070. The number of benzene rings is 2. The van der Waals surface area contributed by atoms with E-state index in [1.807, 2.05) is 0 Å². The zero-order valence-corrected chi connectivity index (χ0v) is 17.8. The molecule has 0 radical (unpaired) electrons. The van der Waals surface area contributed by atoms with Gasteiger partial charge in [0.05, 0.1) is 21.2 Å². The second kappa shape index (κ2) is 8.83. The summed E-state index contributed by atoms with van der Waals surface area (Å²) < 4.78 is 66.3. The number of sulfonamides is 1. The second-order valence-electron chi connectivity index (χ2n) is 6.15. The molecule has 30 heavy (non-hydrogen) atoms. The van der Waals surface area contributed by atoms with E-state index >= 15 is 0 Å². The van der Waals surface area contributed by atoms with Crippen LogP contribution in [0.3, 0.4) is 0 Å². The maximum Gasteiger partial charge on any atom is 0.416 e. The zero-order valence-electron chi connectivity index (χ0n) is 15.5. The molecule has 0 fully saturated rings. The SMILES string of the molecule is CC(=O)Nc1ccc(S(=O)(=O)N(c2cc(C(F)(F)F)ccc2Cl)C(C)C(=O)Cl)cc1. The summed E-state index contributed by atoms with van der Waals surface area (Å²) in [5, 5.41) is 0.999. The van der Waals surface area contributed by atoms with E-state index in [1.54, 1.807) is 0 Å². The van der Waals surface area contributed by atoms with E-state index in [2.05, 4.69) is 5.32 Å². The summed E-state index contributed by atoms with van der Waals surface area (Å²) in [5.74, 6) is -0.385. The largest absolute Gasteiger partial charge is 0.416 e. The van der Waals surface area contributed by atoms with Crippen molar-refractivity contribution in [1.82, 2.24) is 0 Å². The van der Waals surface area contributed by atoms with Crippen LogP contribution in [-0.4, -0.2) is 25.6 Å². The summed E-state index contributed by atoms with van der Waals surface area (Å²) >= 11 is 11.5. The molecule has 0 aliphatic heterocycles. The third-order valence-electron chi connectivity index (χ3n) is 3.92. The van der Waals surface area contributed by atoms with E-state index in [0.717, 1.165) is 25.1 Å². The third kappa shape index (κ3) is 5.24. The molecule has 0 heterocycles. The highest BCUT2D eigenvalue weighted by Crippen LogP contribution is 2.38. The Hall–Kier alpha value is -2.30. The first-order chi connectivity index (χ1) is 13.7. The van der Waals surface area contributed by atoms with E-state index in [9.17, 15) is 31.2 Å². The number of amides is 1. The monoisotopic (exact) mass is 482 g/mol. The minimum Gasteiger partial charge on any atom is -0.326 e. The van der Waals surface area contributed by atoms with Crippen molar-refractivity contribution in [3.8, 4) is 0 Å². The molecular weight excluding hydrogens is 468 g/mol.